The summed E-state index contributed by atoms with van der Waals surface area (Å²) in [6.07, 6.45) is 3.00. The smallest absolute Gasteiger partial charge is 0.348 e. The van der Waals surface area contributed by atoms with E-state index in [1.165, 1.54) is 18.0 Å². The number of unbranched alkanes of at least 4 members (excludes halogenated alkanes) is 1. The molecular formula is C25H29N3O6S. The molecule has 2 aromatic heterocycles. The predicted octanol–water partition coefficient (Wildman–Crippen LogP) is 4.35. The van der Waals surface area contributed by atoms with Crippen LogP contribution in [0.5, 0.6) is 0 Å². The standard InChI is InChI=1S/C25H29N3O6S/c1-5-6-12-33-24(30)20-16(2)21(25(31)34-14-13-32-4)35-22(20)26-15-19-17(3)27-28(23(19)29)18-10-8-7-9-11-18/h7-11,15,27H,5-6,12-14H2,1-4H3/b26-15+. The van der Waals surface area contributed by atoms with Crippen molar-refractivity contribution in [3.05, 3.63) is 67.9 Å². The minimum Gasteiger partial charge on any atom is -0.462 e. The topological polar surface area (TPSA) is 112 Å². The molecule has 0 unspecified atom stereocenters. The van der Waals surface area contributed by atoms with E-state index in [0.29, 0.717) is 22.5 Å². The second-order valence-electron chi connectivity index (χ2n) is 7.74. The van der Waals surface area contributed by atoms with Gasteiger partial charge in [-0.3, -0.25) is 9.89 Å². The van der Waals surface area contributed by atoms with Gasteiger partial charge in [-0.25, -0.2) is 19.3 Å². The minimum atomic E-state index is -0.571. The number of aromatic nitrogens is 2. The van der Waals surface area contributed by atoms with Gasteiger partial charge in [-0.2, -0.15) is 0 Å². The monoisotopic (exact) mass is 499 g/mol. The Bertz CT molecular complexity index is 1260. The van der Waals surface area contributed by atoms with Crippen molar-refractivity contribution in [2.24, 2.45) is 4.99 Å². The first-order valence-corrected chi connectivity index (χ1v) is 12.1. The van der Waals surface area contributed by atoms with E-state index in [9.17, 15) is 14.4 Å². The number of rotatable bonds is 11. The molecule has 1 N–H and O–H groups in total. The van der Waals surface area contributed by atoms with E-state index in [1.807, 2.05) is 37.3 Å². The number of aromatic amines is 1. The Labute approximate surface area is 207 Å². The van der Waals surface area contributed by atoms with Crippen LogP contribution < -0.4 is 5.56 Å². The van der Waals surface area contributed by atoms with Gasteiger partial charge in [-0.05, 0) is 38.0 Å². The summed E-state index contributed by atoms with van der Waals surface area (Å²) in [5.41, 5.74) is 1.98. The third kappa shape index (κ3) is 6.14. The molecular weight excluding hydrogens is 470 g/mol. The summed E-state index contributed by atoms with van der Waals surface area (Å²) >= 11 is 1.02. The number of benzene rings is 1. The van der Waals surface area contributed by atoms with Gasteiger partial charge in [0.15, 0.2) is 0 Å². The normalized spacial score (nSPS) is 11.2. The number of para-hydroxylation sites is 1. The van der Waals surface area contributed by atoms with Crippen LogP contribution in [0.15, 0.2) is 40.1 Å². The quantitative estimate of drug-likeness (QED) is 0.238. The molecule has 0 amide bonds. The van der Waals surface area contributed by atoms with Crippen molar-refractivity contribution in [2.45, 2.75) is 33.6 Å². The summed E-state index contributed by atoms with van der Waals surface area (Å²) in [6.45, 7) is 6.02. The number of nitrogens with zero attached hydrogens (tertiary/aromatic N) is 2. The molecule has 0 aliphatic carbocycles. The van der Waals surface area contributed by atoms with E-state index in [4.69, 9.17) is 14.2 Å². The number of methoxy groups -OCH3 is 1. The number of carbonyl (C=O) groups is 2. The molecule has 3 rings (SSSR count). The van der Waals surface area contributed by atoms with Gasteiger partial charge < -0.3 is 14.2 Å². The van der Waals surface area contributed by atoms with Crippen molar-refractivity contribution >= 4 is 34.5 Å². The fraction of sp³-hybridized carbons (Fsp3) is 0.360. The van der Waals surface area contributed by atoms with Crippen molar-refractivity contribution in [1.82, 2.24) is 9.78 Å². The Morgan fingerprint density at radius 1 is 1.09 bits per heavy atom. The molecule has 3 aromatic rings. The molecule has 186 valence electrons. The summed E-state index contributed by atoms with van der Waals surface area (Å²) in [6, 6.07) is 9.16. The van der Waals surface area contributed by atoms with Crippen LogP contribution in [0.3, 0.4) is 0 Å². The van der Waals surface area contributed by atoms with Gasteiger partial charge in [0.1, 0.15) is 22.0 Å². The lowest BCUT2D eigenvalue weighted by molar-refractivity contribution is 0.0393. The lowest BCUT2D eigenvalue weighted by Crippen LogP contribution is -2.17. The molecule has 0 aliphatic rings. The number of aliphatic imine (C=N–C) groups is 1. The molecule has 0 fully saturated rings. The van der Waals surface area contributed by atoms with Crippen molar-refractivity contribution in [3.63, 3.8) is 0 Å². The first-order chi connectivity index (χ1) is 16.9. The Morgan fingerprint density at radius 2 is 1.80 bits per heavy atom. The number of hydrogen-bond donors (Lipinski definition) is 1. The Kier molecular flexibility index (Phi) is 9.16. The fourth-order valence-electron chi connectivity index (χ4n) is 3.28. The van der Waals surface area contributed by atoms with Gasteiger partial charge in [0.05, 0.1) is 24.5 Å². The van der Waals surface area contributed by atoms with Gasteiger partial charge in [0, 0.05) is 19.0 Å². The van der Waals surface area contributed by atoms with Crippen LogP contribution >= 0.6 is 11.3 Å². The summed E-state index contributed by atoms with van der Waals surface area (Å²) in [5, 5.41) is 3.31. The van der Waals surface area contributed by atoms with Gasteiger partial charge in [0.2, 0.25) is 0 Å². The van der Waals surface area contributed by atoms with E-state index in [1.54, 1.807) is 13.8 Å². The van der Waals surface area contributed by atoms with Crippen LogP contribution in [0.2, 0.25) is 0 Å². The zero-order valence-electron chi connectivity index (χ0n) is 20.3. The molecule has 35 heavy (non-hydrogen) atoms. The second-order valence-corrected chi connectivity index (χ2v) is 8.74. The van der Waals surface area contributed by atoms with E-state index in [2.05, 4.69) is 10.1 Å². The van der Waals surface area contributed by atoms with Gasteiger partial charge in [-0.15, -0.1) is 11.3 Å². The highest BCUT2D eigenvalue weighted by Crippen LogP contribution is 2.36. The maximum absolute atomic E-state index is 13.0. The first kappa shape index (κ1) is 26.1. The lowest BCUT2D eigenvalue weighted by atomic mass is 10.1. The fourth-order valence-corrected chi connectivity index (χ4v) is 4.32. The molecule has 10 heteroatoms. The maximum Gasteiger partial charge on any atom is 0.348 e. The molecule has 0 radical (unpaired) electrons. The average Bonchev–Trinajstić information content (AvgIpc) is 3.33. The highest BCUT2D eigenvalue weighted by molar-refractivity contribution is 7.18. The van der Waals surface area contributed by atoms with Gasteiger partial charge in [0.25, 0.3) is 5.56 Å². The van der Waals surface area contributed by atoms with Crippen LogP contribution in [-0.2, 0) is 14.2 Å². The molecule has 0 atom stereocenters. The predicted molar refractivity (Wildman–Crippen MR) is 135 cm³/mol. The molecule has 0 saturated heterocycles. The van der Waals surface area contributed by atoms with E-state index >= 15 is 0 Å². The molecule has 9 nitrogen and oxygen atoms in total. The van der Waals surface area contributed by atoms with Gasteiger partial charge in [-0.1, -0.05) is 31.5 Å². The summed E-state index contributed by atoms with van der Waals surface area (Å²) in [5.74, 6) is -1.14. The zero-order valence-corrected chi connectivity index (χ0v) is 21.1. The molecule has 0 spiro atoms. The Morgan fingerprint density at radius 3 is 2.49 bits per heavy atom. The number of thiophene rings is 1. The number of hydrogen-bond acceptors (Lipinski definition) is 8. The van der Waals surface area contributed by atoms with Crippen LogP contribution in [0.25, 0.3) is 5.69 Å². The minimum absolute atomic E-state index is 0.0864. The lowest BCUT2D eigenvalue weighted by Gasteiger charge is -2.05. The Balaban J connectivity index is 1.98. The molecule has 0 bridgehead atoms. The summed E-state index contributed by atoms with van der Waals surface area (Å²) < 4.78 is 17.0. The molecule has 2 heterocycles. The number of aryl methyl sites for hydroxylation is 1. The van der Waals surface area contributed by atoms with Crippen molar-refractivity contribution in [1.29, 1.82) is 0 Å². The van der Waals surface area contributed by atoms with Crippen molar-refractivity contribution in [3.8, 4) is 5.69 Å². The van der Waals surface area contributed by atoms with E-state index in [0.717, 1.165) is 24.2 Å². The van der Waals surface area contributed by atoms with Crippen LogP contribution in [0.1, 0.15) is 56.6 Å². The highest BCUT2D eigenvalue weighted by atomic mass is 32.1. The maximum atomic E-state index is 13.0. The second kappa shape index (κ2) is 12.3. The number of H-pyrrole nitrogens is 1. The number of ether oxygens (including phenoxy) is 3. The largest absolute Gasteiger partial charge is 0.462 e. The third-order valence-corrected chi connectivity index (χ3v) is 6.39. The van der Waals surface area contributed by atoms with Crippen molar-refractivity contribution < 1.29 is 23.8 Å². The number of esters is 2. The molecule has 0 aliphatic heterocycles. The van der Waals surface area contributed by atoms with Crippen LogP contribution in [0, 0.1) is 13.8 Å². The summed E-state index contributed by atoms with van der Waals surface area (Å²) in [7, 11) is 1.51. The average molecular weight is 500 g/mol. The van der Waals surface area contributed by atoms with Crippen LogP contribution in [0.4, 0.5) is 5.00 Å². The number of carbonyl (C=O) groups excluding carboxylic acids is 2. The molecule has 0 saturated carbocycles. The Hall–Kier alpha value is -3.50. The number of nitrogens with one attached hydrogen (secondary N) is 1. The third-order valence-electron chi connectivity index (χ3n) is 5.21. The van der Waals surface area contributed by atoms with Crippen LogP contribution in [-0.4, -0.2) is 54.9 Å². The molecule has 1 aromatic carbocycles. The summed E-state index contributed by atoms with van der Waals surface area (Å²) in [4.78, 5) is 43.2. The van der Waals surface area contributed by atoms with Crippen molar-refractivity contribution in [2.75, 3.05) is 26.9 Å². The SMILES string of the molecule is CCCCOC(=O)c1c(/N=C/c2c(C)[nH]n(-c3ccccc3)c2=O)sc(C(=O)OCCOC)c1C. The van der Waals surface area contributed by atoms with E-state index < -0.39 is 11.9 Å². The highest BCUT2D eigenvalue weighted by Gasteiger charge is 2.26. The zero-order chi connectivity index (χ0) is 25.4. The van der Waals surface area contributed by atoms with Gasteiger partial charge >= 0.3 is 11.9 Å². The van der Waals surface area contributed by atoms with E-state index in [-0.39, 0.29) is 40.8 Å². The first-order valence-electron chi connectivity index (χ1n) is 11.3.